The summed E-state index contributed by atoms with van der Waals surface area (Å²) in [4.78, 5) is 9.42. The number of likely N-dealkylation sites (tertiary alicyclic amines) is 1. The smallest absolute Gasteiger partial charge is 0.196 e. The fourth-order valence-corrected chi connectivity index (χ4v) is 1.72. The first-order valence-electron chi connectivity index (χ1n) is 5.98. The van der Waals surface area contributed by atoms with Gasteiger partial charge in [0.15, 0.2) is 5.96 Å². The van der Waals surface area contributed by atoms with E-state index in [1.165, 1.54) is 12.8 Å². The van der Waals surface area contributed by atoms with Crippen LogP contribution in [0.2, 0.25) is 0 Å². The van der Waals surface area contributed by atoms with Crippen molar-refractivity contribution in [1.82, 2.24) is 9.80 Å². The second-order valence-electron chi connectivity index (χ2n) is 5.17. The van der Waals surface area contributed by atoms with Crippen molar-refractivity contribution in [1.29, 1.82) is 0 Å². The van der Waals surface area contributed by atoms with E-state index >= 15 is 0 Å². The molecule has 1 saturated heterocycles. The van der Waals surface area contributed by atoms with E-state index in [1.807, 2.05) is 0 Å². The van der Waals surface area contributed by atoms with Gasteiger partial charge in [0.1, 0.15) is 0 Å². The maximum atomic E-state index is 4.88. The molecular weight excluding hydrogens is 186 g/mol. The zero-order chi connectivity index (χ0) is 11.5. The first kappa shape index (κ1) is 12.3. The summed E-state index contributed by atoms with van der Waals surface area (Å²) in [5.41, 5.74) is 0.0577. The maximum Gasteiger partial charge on any atom is 0.196 e. The molecule has 88 valence electrons. The van der Waals surface area contributed by atoms with E-state index in [2.05, 4.69) is 44.7 Å². The van der Waals surface area contributed by atoms with Crippen LogP contribution in [0.1, 0.15) is 40.0 Å². The van der Waals surface area contributed by atoms with Crippen LogP contribution in [0.25, 0.3) is 0 Å². The monoisotopic (exact) mass is 211 g/mol. The SMILES string of the molecule is CCC(C)(C)N=C(N(C)C)N1CCCC1. The van der Waals surface area contributed by atoms with E-state index in [-0.39, 0.29) is 5.54 Å². The van der Waals surface area contributed by atoms with E-state index in [0.29, 0.717) is 0 Å². The molecule has 3 heteroatoms. The number of hydrogen-bond acceptors (Lipinski definition) is 1. The summed E-state index contributed by atoms with van der Waals surface area (Å²) >= 11 is 0. The molecule has 0 atom stereocenters. The van der Waals surface area contributed by atoms with Gasteiger partial charge in [-0.25, -0.2) is 4.99 Å². The summed E-state index contributed by atoms with van der Waals surface area (Å²) < 4.78 is 0. The van der Waals surface area contributed by atoms with Crippen molar-refractivity contribution in [3.63, 3.8) is 0 Å². The molecule has 15 heavy (non-hydrogen) atoms. The molecule has 3 nitrogen and oxygen atoms in total. The van der Waals surface area contributed by atoms with Crippen molar-refractivity contribution in [2.75, 3.05) is 27.2 Å². The van der Waals surface area contributed by atoms with Gasteiger partial charge in [-0.1, -0.05) is 6.92 Å². The van der Waals surface area contributed by atoms with Crippen LogP contribution in [0, 0.1) is 0 Å². The Morgan fingerprint density at radius 1 is 1.27 bits per heavy atom. The summed E-state index contributed by atoms with van der Waals surface area (Å²) in [6, 6.07) is 0. The fourth-order valence-electron chi connectivity index (χ4n) is 1.72. The number of nitrogens with zero attached hydrogens (tertiary/aromatic N) is 3. The molecule has 0 aromatic rings. The Morgan fingerprint density at radius 2 is 1.80 bits per heavy atom. The van der Waals surface area contributed by atoms with Crippen molar-refractivity contribution in [3.05, 3.63) is 0 Å². The lowest BCUT2D eigenvalue weighted by Gasteiger charge is -2.29. The highest BCUT2D eigenvalue weighted by Crippen LogP contribution is 2.17. The third-order valence-corrected chi connectivity index (χ3v) is 3.06. The van der Waals surface area contributed by atoms with E-state index < -0.39 is 0 Å². The van der Waals surface area contributed by atoms with Gasteiger partial charge < -0.3 is 9.80 Å². The van der Waals surface area contributed by atoms with Gasteiger partial charge >= 0.3 is 0 Å². The van der Waals surface area contributed by atoms with Crippen molar-refractivity contribution in [3.8, 4) is 0 Å². The maximum absolute atomic E-state index is 4.88. The van der Waals surface area contributed by atoms with Crippen molar-refractivity contribution in [2.45, 2.75) is 45.6 Å². The molecule has 1 aliphatic rings. The summed E-state index contributed by atoms with van der Waals surface area (Å²) in [7, 11) is 4.17. The van der Waals surface area contributed by atoms with Gasteiger partial charge in [-0.3, -0.25) is 0 Å². The van der Waals surface area contributed by atoms with Crippen LogP contribution in [0.4, 0.5) is 0 Å². The second kappa shape index (κ2) is 4.86. The quantitative estimate of drug-likeness (QED) is 0.515. The van der Waals surface area contributed by atoms with Crippen LogP contribution >= 0.6 is 0 Å². The summed E-state index contributed by atoms with van der Waals surface area (Å²) in [5.74, 6) is 1.15. The minimum atomic E-state index is 0.0577. The van der Waals surface area contributed by atoms with Gasteiger partial charge in [0.05, 0.1) is 5.54 Å². The molecular formula is C12H25N3. The highest BCUT2D eigenvalue weighted by atomic mass is 15.4. The number of aliphatic imine (C=N–C) groups is 1. The predicted octanol–water partition coefficient (Wildman–Crippen LogP) is 2.19. The highest BCUT2D eigenvalue weighted by molar-refractivity contribution is 5.80. The molecule has 0 aromatic heterocycles. The zero-order valence-electron chi connectivity index (χ0n) is 10.9. The Balaban J connectivity index is 2.81. The average molecular weight is 211 g/mol. The number of hydrogen-bond donors (Lipinski definition) is 0. The lowest BCUT2D eigenvalue weighted by molar-refractivity contribution is 0.402. The lowest BCUT2D eigenvalue weighted by atomic mass is 10.0. The van der Waals surface area contributed by atoms with Crippen LogP contribution in [-0.2, 0) is 0 Å². The topological polar surface area (TPSA) is 18.8 Å². The van der Waals surface area contributed by atoms with Gasteiger partial charge in [-0.15, -0.1) is 0 Å². The highest BCUT2D eigenvalue weighted by Gasteiger charge is 2.22. The predicted molar refractivity (Wildman–Crippen MR) is 66.3 cm³/mol. The Hall–Kier alpha value is -0.730. The summed E-state index contributed by atoms with van der Waals surface area (Å²) in [6.45, 7) is 8.92. The van der Waals surface area contributed by atoms with Crippen LogP contribution < -0.4 is 0 Å². The number of guanidine groups is 1. The normalized spacial score (nSPS) is 18.5. The van der Waals surface area contributed by atoms with E-state index in [9.17, 15) is 0 Å². The molecule has 0 spiro atoms. The van der Waals surface area contributed by atoms with Crippen molar-refractivity contribution < 1.29 is 0 Å². The summed E-state index contributed by atoms with van der Waals surface area (Å²) in [6.07, 6.45) is 3.69. The lowest BCUT2D eigenvalue weighted by Crippen LogP contribution is -2.40. The molecule has 1 rings (SSSR count). The molecule has 1 fully saturated rings. The molecule has 0 aliphatic carbocycles. The second-order valence-corrected chi connectivity index (χ2v) is 5.17. The Morgan fingerprint density at radius 3 is 2.20 bits per heavy atom. The molecule has 1 heterocycles. The Kier molecular flexibility index (Phi) is 4.00. The third-order valence-electron chi connectivity index (χ3n) is 3.06. The van der Waals surface area contributed by atoms with Gasteiger partial charge in [-0.05, 0) is 33.1 Å². The molecule has 0 N–H and O–H groups in total. The van der Waals surface area contributed by atoms with Gasteiger partial charge in [-0.2, -0.15) is 0 Å². The van der Waals surface area contributed by atoms with Gasteiger partial charge in [0.25, 0.3) is 0 Å². The zero-order valence-corrected chi connectivity index (χ0v) is 10.9. The molecule has 0 aromatic carbocycles. The molecule has 0 radical (unpaired) electrons. The number of rotatable bonds is 2. The van der Waals surface area contributed by atoms with Crippen molar-refractivity contribution in [2.24, 2.45) is 4.99 Å². The largest absolute Gasteiger partial charge is 0.349 e. The third kappa shape index (κ3) is 3.40. The molecule has 0 saturated carbocycles. The van der Waals surface area contributed by atoms with Crippen LogP contribution in [0.15, 0.2) is 4.99 Å². The van der Waals surface area contributed by atoms with Gasteiger partial charge in [0, 0.05) is 27.2 Å². The minimum Gasteiger partial charge on any atom is -0.349 e. The molecule has 0 unspecified atom stereocenters. The fraction of sp³-hybridized carbons (Fsp3) is 0.917. The first-order chi connectivity index (χ1) is 6.96. The first-order valence-corrected chi connectivity index (χ1v) is 5.98. The van der Waals surface area contributed by atoms with Gasteiger partial charge in [0.2, 0.25) is 0 Å². The standard InChI is InChI=1S/C12H25N3/c1-6-12(2,3)13-11(14(4)5)15-9-7-8-10-15/h6-10H2,1-5H3. The Bertz CT molecular complexity index is 225. The van der Waals surface area contributed by atoms with Crippen LogP contribution in [0.5, 0.6) is 0 Å². The minimum absolute atomic E-state index is 0.0577. The molecule has 1 aliphatic heterocycles. The van der Waals surface area contributed by atoms with Crippen LogP contribution in [0.3, 0.4) is 0 Å². The Labute approximate surface area is 94.2 Å². The molecule has 0 amide bonds. The van der Waals surface area contributed by atoms with E-state index in [0.717, 1.165) is 25.5 Å². The summed E-state index contributed by atoms with van der Waals surface area (Å²) in [5, 5.41) is 0. The average Bonchev–Trinajstić information content (AvgIpc) is 2.66. The van der Waals surface area contributed by atoms with E-state index in [1.54, 1.807) is 0 Å². The molecule has 0 bridgehead atoms. The van der Waals surface area contributed by atoms with Crippen LogP contribution in [-0.4, -0.2) is 48.5 Å². The van der Waals surface area contributed by atoms with E-state index in [4.69, 9.17) is 4.99 Å². The van der Waals surface area contributed by atoms with Crippen molar-refractivity contribution >= 4 is 5.96 Å².